The van der Waals surface area contributed by atoms with Crippen LogP contribution < -0.4 is 10.2 Å². The third kappa shape index (κ3) is 5.40. The Bertz CT molecular complexity index is 880. The number of carbonyl (C=O) groups excluding carboxylic acids is 1. The van der Waals surface area contributed by atoms with Crippen LogP contribution >= 0.6 is 0 Å². The minimum absolute atomic E-state index is 0.187. The Balaban J connectivity index is 1.78. The van der Waals surface area contributed by atoms with Gasteiger partial charge in [-0.05, 0) is 54.2 Å². The van der Waals surface area contributed by atoms with Crippen molar-refractivity contribution in [3.8, 4) is 0 Å². The van der Waals surface area contributed by atoms with Crippen LogP contribution in [0.2, 0.25) is 0 Å². The second-order valence-electron chi connectivity index (χ2n) is 7.57. The zero-order valence-electron chi connectivity index (χ0n) is 16.6. The van der Waals surface area contributed by atoms with Crippen molar-refractivity contribution in [1.29, 1.82) is 0 Å². The first kappa shape index (κ1) is 21.0. The van der Waals surface area contributed by atoms with Crippen LogP contribution in [0.4, 0.5) is 24.5 Å². The minimum atomic E-state index is -4.46. The zero-order valence-corrected chi connectivity index (χ0v) is 16.6. The lowest BCUT2D eigenvalue weighted by Gasteiger charge is -2.22. The molecule has 1 amide bonds. The van der Waals surface area contributed by atoms with Crippen molar-refractivity contribution < 1.29 is 18.0 Å². The van der Waals surface area contributed by atoms with E-state index in [0.717, 1.165) is 43.6 Å². The predicted octanol–water partition coefficient (Wildman–Crippen LogP) is 6.08. The molecule has 1 aliphatic heterocycles. The van der Waals surface area contributed by atoms with Gasteiger partial charge in [0.25, 0.3) is 0 Å². The van der Waals surface area contributed by atoms with Gasteiger partial charge in [-0.25, -0.2) is 0 Å². The SMILES string of the molecule is CC(C)c1ccc(/C=C/C(=O)Nc2cc(C(F)(F)F)ccc2N2CCCC2)cc1. The van der Waals surface area contributed by atoms with E-state index in [9.17, 15) is 18.0 Å². The van der Waals surface area contributed by atoms with Gasteiger partial charge in [0.2, 0.25) is 5.91 Å². The fourth-order valence-electron chi connectivity index (χ4n) is 3.38. The molecule has 154 valence electrons. The second-order valence-corrected chi connectivity index (χ2v) is 7.57. The van der Waals surface area contributed by atoms with Gasteiger partial charge in [-0.1, -0.05) is 38.1 Å². The maximum Gasteiger partial charge on any atom is 0.416 e. The van der Waals surface area contributed by atoms with Crippen molar-refractivity contribution in [3.63, 3.8) is 0 Å². The van der Waals surface area contributed by atoms with Crippen LogP contribution in [-0.2, 0) is 11.0 Å². The van der Waals surface area contributed by atoms with Crippen molar-refractivity contribution >= 4 is 23.4 Å². The van der Waals surface area contributed by atoms with Gasteiger partial charge in [0.1, 0.15) is 0 Å². The summed E-state index contributed by atoms with van der Waals surface area (Å²) in [6.45, 7) is 5.75. The standard InChI is InChI=1S/C23H25F3N2O/c1-16(2)18-8-5-17(6-9-18)7-12-22(29)27-20-15-19(23(24,25)26)10-11-21(20)28-13-3-4-14-28/h5-12,15-16H,3-4,13-14H2,1-2H3,(H,27,29)/b12-7+. The molecule has 1 N–H and O–H groups in total. The molecule has 1 heterocycles. The summed E-state index contributed by atoms with van der Waals surface area (Å²) in [7, 11) is 0. The van der Waals surface area contributed by atoms with E-state index < -0.39 is 17.6 Å². The number of alkyl halides is 3. The van der Waals surface area contributed by atoms with E-state index in [2.05, 4.69) is 19.2 Å². The Morgan fingerprint density at radius 3 is 2.31 bits per heavy atom. The first-order valence-corrected chi connectivity index (χ1v) is 9.79. The van der Waals surface area contributed by atoms with Crippen molar-refractivity contribution in [3.05, 3.63) is 65.2 Å². The van der Waals surface area contributed by atoms with Gasteiger partial charge in [0, 0.05) is 19.2 Å². The maximum atomic E-state index is 13.1. The van der Waals surface area contributed by atoms with Crippen molar-refractivity contribution in [2.24, 2.45) is 0 Å². The third-order valence-electron chi connectivity index (χ3n) is 5.06. The quantitative estimate of drug-likeness (QED) is 0.615. The van der Waals surface area contributed by atoms with E-state index in [4.69, 9.17) is 0 Å². The molecule has 3 rings (SSSR count). The summed E-state index contributed by atoms with van der Waals surface area (Å²) in [5.74, 6) is -0.0426. The van der Waals surface area contributed by atoms with Crippen molar-refractivity contribution in [1.82, 2.24) is 0 Å². The summed E-state index contributed by atoms with van der Waals surface area (Å²) in [6.07, 6.45) is 0.513. The Hall–Kier alpha value is -2.76. The Kier molecular flexibility index (Phi) is 6.30. The second kappa shape index (κ2) is 8.72. The number of hydrogen-bond donors (Lipinski definition) is 1. The van der Waals surface area contributed by atoms with Gasteiger partial charge in [0.15, 0.2) is 0 Å². The van der Waals surface area contributed by atoms with E-state index in [1.165, 1.54) is 17.7 Å². The van der Waals surface area contributed by atoms with E-state index in [-0.39, 0.29) is 5.69 Å². The lowest BCUT2D eigenvalue weighted by molar-refractivity contribution is -0.137. The van der Waals surface area contributed by atoms with Crippen LogP contribution in [0.25, 0.3) is 6.08 Å². The molecule has 1 saturated heterocycles. The largest absolute Gasteiger partial charge is 0.416 e. The zero-order chi connectivity index (χ0) is 21.0. The smallest absolute Gasteiger partial charge is 0.370 e. The Morgan fingerprint density at radius 2 is 1.72 bits per heavy atom. The Morgan fingerprint density at radius 1 is 1.07 bits per heavy atom. The summed E-state index contributed by atoms with van der Waals surface area (Å²) in [6, 6.07) is 11.4. The molecule has 2 aromatic rings. The molecule has 0 aromatic heterocycles. The molecule has 1 aliphatic rings. The minimum Gasteiger partial charge on any atom is -0.370 e. The molecule has 0 saturated carbocycles. The number of halogens is 3. The number of carbonyl (C=O) groups is 1. The van der Waals surface area contributed by atoms with E-state index >= 15 is 0 Å². The van der Waals surface area contributed by atoms with Gasteiger partial charge in [-0.15, -0.1) is 0 Å². The molecule has 6 heteroatoms. The molecule has 0 unspecified atom stereocenters. The number of nitrogens with zero attached hydrogens (tertiary/aromatic N) is 1. The predicted molar refractivity (Wildman–Crippen MR) is 111 cm³/mol. The molecule has 2 aromatic carbocycles. The number of hydrogen-bond acceptors (Lipinski definition) is 2. The molecule has 0 aliphatic carbocycles. The van der Waals surface area contributed by atoms with E-state index in [1.54, 1.807) is 6.08 Å². The Labute approximate surface area is 169 Å². The van der Waals surface area contributed by atoms with E-state index in [0.29, 0.717) is 11.6 Å². The van der Waals surface area contributed by atoms with E-state index in [1.807, 2.05) is 29.2 Å². The molecule has 0 spiro atoms. The van der Waals surface area contributed by atoms with Crippen LogP contribution in [-0.4, -0.2) is 19.0 Å². The van der Waals surface area contributed by atoms with Crippen LogP contribution in [0.15, 0.2) is 48.5 Å². The lowest BCUT2D eigenvalue weighted by Crippen LogP contribution is -2.21. The maximum absolute atomic E-state index is 13.1. The summed E-state index contributed by atoms with van der Waals surface area (Å²) in [4.78, 5) is 14.4. The molecule has 3 nitrogen and oxygen atoms in total. The number of amides is 1. The van der Waals surface area contributed by atoms with Crippen LogP contribution in [0.1, 0.15) is 49.3 Å². The lowest BCUT2D eigenvalue weighted by atomic mass is 10.0. The average Bonchev–Trinajstić information content (AvgIpc) is 3.20. The van der Waals surface area contributed by atoms with Crippen molar-refractivity contribution in [2.75, 3.05) is 23.3 Å². The summed E-state index contributed by atoms with van der Waals surface area (Å²) in [5.41, 5.74) is 2.09. The molecule has 29 heavy (non-hydrogen) atoms. The monoisotopic (exact) mass is 402 g/mol. The van der Waals surface area contributed by atoms with Crippen LogP contribution in [0.5, 0.6) is 0 Å². The first-order valence-electron chi connectivity index (χ1n) is 9.79. The first-order chi connectivity index (χ1) is 13.7. The van der Waals surface area contributed by atoms with Gasteiger partial charge in [-0.2, -0.15) is 13.2 Å². The highest BCUT2D eigenvalue weighted by molar-refractivity contribution is 6.04. The van der Waals surface area contributed by atoms with Crippen LogP contribution in [0, 0.1) is 0 Å². The third-order valence-corrected chi connectivity index (χ3v) is 5.06. The van der Waals surface area contributed by atoms with Crippen LogP contribution in [0.3, 0.4) is 0 Å². The topological polar surface area (TPSA) is 32.3 Å². The molecule has 0 radical (unpaired) electrons. The van der Waals surface area contributed by atoms with Gasteiger partial charge in [0.05, 0.1) is 16.9 Å². The van der Waals surface area contributed by atoms with Gasteiger partial charge in [-0.3, -0.25) is 4.79 Å². The number of anilines is 2. The molecular formula is C23H25F3N2O. The molecule has 1 fully saturated rings. The van der Waals surface area contributed by atoms with Crippen molar-refractivity contribution in [2.45, 2.75) is 38.8 Å². The summed E-state index contributed by atoms with van der Waals surface area (Å²) in [5, 5.41) is 2.63. The normalized spacial score (nSPS) is 14.8. The highest BCUT2D eigenvalue weighted by Crippen LogP contribution is 2.36. The number of benzene rings is 2. The summed E-state index contributed by atoms with van der Waals surface area (Å²) < 4.78 is 39.4. The highest BCUT2D eigenvalue weighted by atomic mass is 19.4. The molecule has 0 bridgehead atoms. The van der Waals surface area contributed by atoms with Gasteiger partial charge < -0.3 is 10.2 Å². The average molecular weight is 402 g/mol. The fourth-order valence-corrected chi connectivity index (χ4v) is 3.38. The number of rotatable bonds is 5. The molecule has 0 atom stereocenters. The summed E-state index contributed by atoms with van der Waals surface area (Å²) >= 11 is 0. The van der Waals surface area contributed by atoms with Gasteiger partial charge >= 0.3 is 6.18 Å². The highest BCUT2D eigenvalue weighted by Gasteiger charge is 2.31. The molecular weight excluding hydrogens is 377 g/mol. The number of nitrogens with one attached hydrogen (secondary N) is 1. The fraction of sp³-hybridized carbons (Fsp3) is 0.348.